The van der Waals surface area contributed by atoms with Crippen LogP contribution in [0.3, 0.4) is 0 Å². The maximum atomic E-state index is 12.5. The van der Waals surface area contributed by atoms with Gasteiger partial charge in [0.2, 0.25) is 9.47 Å². The molecule has 1 unspecified atom stereocenters. The minimum absolute atomic E-state index is 0.0634. The Bertz CT molecular complexity index is 1200. The van der Waals surface area contributed by atoms with E-state index in [1.165, 1.54) is 0 Å². The number of sulfonamides is 2. The molecule has 1 atom stereocenters. The van der Waals surface area contributed by atoms with Gasteiger partial charge < -0.3 is 9.47 Å². The number of nitrogens with two attached hydrogens (primary N) is 1. The molecule has 19 nitrogen and oxygen atoms in total. The third-order valence-corrected chi connectivity index (χ3v) is 7.32. The van der Waals surface area contributed by atoms with Crippen molar-refractivity contribution in [2.45, 2.75) is 15.3 Å². The zero-order valence-electron chi connectivity index (χ0n) is 17.8. The average molecular weight is 577 g/mol. The van der Waals surface area contributed by atoms with Crippen LogP contribution in [-0.2, 0) is 39.2 Å². The first-order valence-electron chi connectivity index (χ1n) is 9.17. The van der Waals surface area contributed by atoms with Gasteiger partial charge in [0.15, 0.2) is 0 Å². The Kier molecular flexibility index (Phi) is 10.9. The van der Waals surface area contributed by atoms with Crippen LogP contribution in [0.4, 0.5) is 5.13 Å². The molecule has 0 bridgehead atoms. The number of primary sulfonamides is 1. The number of benzene rings is 1. The second-order valence-electron chi connectivity index (χ2n) is 6.27. The van der Waals surface area contributed by atoms with E-state index in [0.29, 0.717) is 11.3 Å². The number of anilines is 1. The highest BCUT2D eigenvalue weighted by atomic mass is 32.2. The van der Waals surface area contributed by atoms with Gasteiger partial charge in [0.05, 0.1) is 34.5 Å². The van der Waals surface area contributed by atoms with E-state index < -0.39 is 60.5 Å². The molecule has 0 aliphatic carbocycles. The van der Waals surface area contributed by atoms with Crippen molar-refractivity contribution < 1.29 is 61.6 Å². The summed E-state index contributed by atoms with van der Waals surface area (Å²) >= 11 is 0.402. The molecule has 36 heavy (non-hydrogen) atoms. The van der Waals surface area contributed by atoms with Gasteiger partial charge in [0, 0.05) is 0 Å². The van der Waals surface area contributed by atoms with E-state index >= 15 is 0 Å². The van der Waals surface area contributed by atoms with Crippen LogP contribution in [-0.4, -0.2) is 97.1 Å². The lowest BCUT2D eigenvalue weighted by Gasteiger charge is -2.18. The van der Waals surface area contributed by atoms with Crippen molar-refractivity contribution in [3.05, 3.63) is 29.8 Å². The molecule has 1 heterocycles. The molecule has 0 saturated carbocycles. The molecule has 202 valence electrons. The van der Waals surface area contributed by atoms with Crippen LogP contribution >= 0.6 is 11.3 Å². The highest BCUT2D eigenvalue weighted by molar-refractivity contribution is 7.93. The molecule has 22 heteroatoms. The van der Waals surface area contributed by atoms with Crippen molar-refractivity contribution in [3.63, 3.8) is 0 Å². The van der Waals surface area contributed by atoms with E-state index in [4.69, 9.17) is 35.4 Å². The summed E-state index contributed by atoms with van der Waals surface area (Å²) in [7, 11) is -8.38. The van der Waals surface area contributed by atoms with E-state index in [9.17, 15) is 21.6 Å². The van der Waals surface area contributed by atoms with E-state index in [-0.39, 0.29) is 28.8 Å². The number of ether oxygens (including phenoxy) is 2. The maximum absolute atomic E-state index is 12.5. The fourth-order valence-corrected chi connectivity index (χ4v) is 4.75. The van der Waals surface area contributed by atoms with E-state index in [1.807, 2.05) is 4.72 Å². The third-order valence-electron chi connectivity index (χ3n) is 3.69. The smallest absolute Gasteiger partial charge is 0.338 e. The molecule has 2 rings (SSSR count). The van der Waals surface area contributed by atoms with Crippen molar-refractivity contribution in [1.82, 2.24) is 21.0 Å². The van der Waals surface area contributed by atoms with Crippen LogP contribution in [0.1, 0.15) is 10.4 Å². The fourth-order valence-electron chi connectivity index (χ4n) is 2.19. The lowest BCUT2D eigenvalue weighted by Crippen LogP contribution is -2.32. The number of nitrogens with one attached hydrogen (secondary N) is 1. The number of carbonyl (C=O) groups is 1. The normalized spacial score (nSPS) is 13.2. The minimum Gasteiger partial charge on any atom is -0.459 e. The Hall–Kier alpha value is -2.45. The number of rotatable bonds is 15. The summed E-state index contributed by atoms with van der Waals surface area (Å²) in [6.07, 6.45) is -1.05. The topological polar surface area (TPSA) is 273 Å². The molecule has 0 aliphatic rings. The van der Waals surface area contributed by atoms with E-state index in [2.05, 4.69) is 19.9 Å². The highest BCUT2D eigenvalue weighted by Crippen LogP contribution is 2.22. The van der Waals surface area contributed by atoms with Crippen molar-refractivity contribution in [2.75, 3.05) is 31.1 Å². The van der Waals surface area contributed by atoms with Crippen LogP contribution in [0.25, 0.3) is 0 Å². The van der Waals surface area contributed by atoms with Gasteiger partial charge in [-0.1, -0.05) is 11.3 Å². The molecule has 1 aromatic carbocycles. The largest absolute Gasteiger partial charge is 0.459 e. The van der Waals surface area contributed by atoms with Crippen LogP contribution in [0.15, 0.2) is 33.5 Å². The van der Waals surface area contributed by atoms with Crippen molar-refractivity contribution in [3.8, 4) is 0 Å². The number of aromatic nitrogens is 2. The van der Waals surface area contributed by atoms with Crippen molar-refractivity contribution in [2.24, 2.45) is 5.14 Å². The molecule has 0 fully saturated rings. The van der Waals surface area contributed by atoms with Crippen LogP contribution in [0.2, 0.25) is 0 Å². The number of hydrogen-bond donors (Lipinski definition) is 6. The molecule has 1 aromatic heterocycles. The zero-order valence-corrected chi connectivity index (χ0v) is 20.2. The summed E-state index contributed by atoms with van der Waals surface area (Å²) in [4.78, 5) is 20.7. The number of carbonyl (C=O) groups excluding carboxylic acids is 1. The van der Waals surface area contributed by atoms with Crippen molar-refractivity contribution >= 4 is 42.5 Å². The van der Waals surface area contributed by atoms with Gasteiger partial charge in [-0.3, -0.25) is 25.6 Å². The fraction of sp³-hybridized carbons (Fsp3) is 0.357. The quantitative estimate of drug-likeness (QED) is 0.0803. The molecular formula is C14H20N6O13S3. The second-order valence-corrected chi connectivity index (χ2v) is 10.7. The van der Waals surface area contributed by atoms with Gasteiger partial charge in [-0.05, 0) is 24.3 Å². The Balaban J connectivity index is 1.97. The Morgan fingerprint density at radius 1 is 1.00 bits per heavy atom. The van der Waals surface area contributed by atoms with E-state index in [1.54, 1.807) is 0 Å². The Morgan fingerprint density at radius 2 is 1.64 bits per heavy atom. The van der Waals surface area contributed by atoms with Gasteiger partial charge >= 0.3 is 5.97 Å². The van der Waals surface area contributed by atoms with Crippen LogP contribution < -0.4 is 9.86 Å². The third kappa shape index (κ3) is 9.90. The Labute approximate surface area is 206 Å². The maximum Gasteiger partial charge on any atom is 0.338 e. The first kappa shape index (κ1) is 29.8. The molecular weight excluding hydrogens is 556 g/mol. The Morgan fingerprint density at radius 3 is 2.19 bits per heavy atom. The monoisotopic (exact) mass is 576 g/mol. The summed E-state index contributed by atoms with van der Waals surface area (Å²) in [5.41, 5.74) is -0.0634. The average Bonchev–Trinajstić information content (AvgIpc) is 3.26. The SMILES string of the molecule is NS(=O)(=O)c1nnc(NS(=O)(=O)c2ccc(C(=O)OCC(CON(O)O)OCCON(O)O)cc2)s1. The first-order chi connectivity index (χ1) is 16.8. The van der Waals surface area contributed by atoms with Gasteiger partial charge in [0.1, 0.15) is 19.3 Å². The standard InChI is InChI=1S/C14H20N6O13S3/c15-35(26,27)14-17-16-13(34-14)18-36(28,29)11-3-1-9(2-4-11)12(21)31-7-10(8-33-20(24)25)30-5-6-32-19(22)23/h1-4,10,22-25H,5-8H2,(H,16,18)(H2,15,26,27). The highest BCUT2D eigenvalue weighted by Gasteiger charge is 2.21. The van der Waals surface area contributed by atoms with Gasteiger partial charge in [0.25, 0.3) is 20.0 Å². The molecule has 0 radical (unpaired) electrons. The molecule has 0 saturated heterocycles. The predicted molar refractivity (Wildman–Crippen MR) is 111 cm³/mol. The van der Waals surface area contributed by atoms with E-state index in [0.717, 1.165) is 24.3 Å². The number of nitrogens with zero attached hydrogens (tertiary/aromatic N) is 4. The molecule has 0 amide bonds. The summed E-state index contributed by atoms with van der Waals surface area (Å²) in [5.74, 6) is -0.902. The van der Waals surface area contributed by atoms with Crippen LogP contribution in [0.5, 0.6) is 0 Å². The zero-order chi connectivity index (χ0) is 26.9. The first-order valence-corrected chi connectivity index (χ1v) is 13.0. The van der Waals surface area contributed by atoms with Gasteiger partial charge in [-0.15, -0.1) is 10.2 Å². The lowest BCUT2D eigenvalue weighted by molar-refractivity contribution is -0.497. The summed E-state index contributed by atoms with van der Waals surface area (Å²) in [6, 6.07) is 4.40. The predicted octanol–water partition coefficient (Wildman–Crippen LogP) is -1.45. The molecule has 0 aliphatic heterocycles. The number of hydrogen-bond acceptors (Lipinski definition) is 18. The van der Waals surface area contributed by atoms with Gasteiger partial charge in [-0.25, -0.2) is 36.4 Å². The molecule has 0 spiro atoms. The minimum atomic E-state index is -4.22. The lowest BCUT2D eigenvalue weighted by atomic mass is 10.2. The summed E-state index contributed by atoms with van der Waals surface area (Å²) < 4.78 is 59.1. The second kappa shape index (κ2) is 13.2. The van der Waals surface area contributed by atoms with Crippen molar-refractivity contribution in [1.29, 1.82) is 0 Å². The molecule has 7 N–H and O–H groups in total. The van der Waals surface area contributed by atoms with Gasteiger partial charge in [-0.2, -0.15) is 0 Å². The molecule has 2 aromatic rings. The summed E-state index contributed by atoms with van der Waals surface area (Å²) in [5, 5.41) is 44.2. The van der Waals surface area contributed by atoms with Crippen LogP contribution in [0, 0.1) is 0 Å². The number of esters is 1. The summed E-state index contributed by atoms with van der Waals surface area (Å²) in [6.45, 7) is -1.53.